The lowest BCUT2D eigenvalue weighted by Crippen LogP contribution is -2.37. The van der Waals surface area contributed by atoms with E-state index in [1.165, 1.54) is 11.1 Å². The highest BCUT2D eigenvalue weighted by molar-refractivity contribution is 14.0. The summed E-state index contributed by atoms with van der Waals surface area (Å²) >= 11 is 0. The number of guanidine groups is 1. The molecule has 0 unspecified atom stereocenters. The lowest BCUT2D eigenvalue weighted by Gasteiger charge is -2.15. The Morgan fingerprint density at radius 2 is 1.96 bits per heavy atom. The monoisotopic (exact) mass is 442 g/mol. The predicted molar refractivity (Wildman–Crippen MR) is 110 cm³/mol. The number of aliphatic imine (C=N–C) groups is 1. The number of hydrogen-bond donors (Lipinski definition) is 2. The van der Waals surface area contributed by atoms with Crippen molar-refractivity contribution < 1.29 is 4.79 Å². The van der Waals surface area contributed by atoms with E-state index in [2.05, 4.69) is 34.3 Å². The van der Waals surface area contributed by atoms with Gasteiger partial charge in [-0.2, -0.15) is 0 Å². The first-order chi connectivity index (χ1) is 11.2. The molecule has 0 aromatic heterocycles. The molecule has 0 aliphatic carbocycles. The average Bonchev–Trinajstić information content (AvgIpc) is 3.00. The molecule has 1 aromatic carbocycles. The molecule has 24 heavy (non-hydrogen) atoms. The molecule has 0 saturated heterocycles. The zero-order chi connectivity index (χ0) is 16.5. The number of carbonyl (C=O) groups excluding carboxylic acids is 1. The van der Waals surface area contributed by atoms with Crippen molar-refractivity contribution in [3.05, 3.63) is 48.0 Å². The van der Waals surface area contributed by atoms with E-state index < -0.39 is 0 Å². The molecule has 0 bridgehead atoms. The van der Waals surface area contributed by atoms with Crippen LogP contribution in [0.25, 0.3) is 0 Å². The number of nitrogens with one attached hydrogen (secondary N) is 2. The smallest absolute Gasteiger partial charge is 0.223 e. The summed E-state index contributed by atoms with van der Waals surface area (Å²) in [6, 6.07) is 8.25. The third-order valence-electron chi connectivity index (χ3n) is 3.77. The van der Waals surface area contributed by atoms with E-state index in [9.17, 15) is 4.79 Å². The molecule has 2 rings (SSSR count). The van der Waals surface area contributed by atoms with Crippen molar-refractivity contribution >= 4 is 35.8 Å². The first-order valence-corrected chi connectivity index (χ1v) is 8.22. The molecule has 6 heteroatoms. The molecule has 1 aliphatic heterocycles. The summed E-state index contributed by atoms with van der Waals surface area (Å²) in [4.78, 5) is 18.7. The zero-order valence-electron chi connectivity index (χ0n) is 14.3. The van der Waals surface area contributed by atoms with Crippen LogP contribution in [0.2, 0.25) is 0 Å². The number of carbonyl (C=O) groups is 1. The molecule has 0 fully saturated rings. The first-order valence-electron chi connectivity index (χ1n) is 8.22. The second-order valence-corrected chi connectivity index (χ2v) is 5.55. The van der Waals surface area contributed by atoms with Gasteiger partial charge < -0.3 is 15.5 Å². The highest BCUT2D eigenvalue weighted by Crippen LogP contribution is 2.22. The summed E-state index contributed by atoms with van der Waals surface area (Å²) in [5, 5.41) is 6.32. The first kappa shape index (κ1) is 20.5. The molecule has 2 N–H and O–H groups in total. The van der Waals surface area contributed by atoms with Crippen LogP contribution in [-0.4, -0.2) is 36.4 Å². The minimum Gasteiger partial charge on any atom is -0.357 e. The van der Waals surface area contributed by atoms with E-state index >= 15 is 0 Å². The summed E-state index contributed by atoms with van der Waals surface area (Å²) in [7, 11) is 0. The summed E-state index contributed by atoms with van der Waals surface area (Å²) in [6.45, 7) is 9.31. The minimum absolute atomic E-state index is 0. The van der Waals surface area contributed by atoms with Crippen molar-refractivity contribution in [3.63, 3.8) is 0 Å². The van der Waals surface area contributed by atoms with Crippen molar-refractivity contribution in [2.24, 2.45) is 4.99 Å². The zero-order valence-corrected chi connectivity index (χ0v) is 16.6. The number of benzene rings is 1. The molecule has 0 saturated carbocycles. The SMILES string of the molecule is C=CCNC(=NCCCC(=O)N1Cc2ccccc2C1)NCC.I. The van der Waals surface area contributed by atoms with Gasteiger partial charge in [0, 0.05) is 39.1 Å². The van der Waals surface area contributed by atoms with Gasteiger partial charge in [-0.1, -0.05) is 30.3 Å². The molecule has 0 atom stereocenters. The Bertz CT molecular complexity index is 549. The van der Waals surface area contributed by atoms with Crippen molar-refractivity contribution in [2.45, 2.75) is 32.9 Å². The van der Waals surface area contributed by atoms with Crippen LogP contribution in [0.5, 0.6) is 0 Å². The Morgan fingerprint density at radius 1 is 1.29 bits per heavy atom. The van der Waals surface area contributed by atoms with Gasteiger partial charge in [0.15, 0.2) is 5.96 Å². The highest BCUT2D eigenvalue weighted by atomic mass is 127. The van der Waals surface area contributed by atoms with Crippen molar-refractivity contribution in [2.75, 3.05) is 19.6 Å². The van der Waals surface area contributed by atoms with E-state index in [0.29, 0.717) is 19.5 Å². The lowest BCUT2D eigenvalue weighted by molar-refractivity contribution is -0.131. The molecule has 0 spiro atoms. The number of hydrogen-bond acceptors (Lipinski definition) is 2. The van der Waals surface area contributed by atoms with Gasteiger partial charge in [-0.05, 0) is 24.5 Å². The van der Waals surface area contributed by atoms with E-state index in [1.54, 1.807) is 6.08 Å². The fourth-order valence-corrected chi connectivity index (χ4v) is 2.60. The minimum atomic E-state index is 0. The van der Waals surface area contributed by atoms with Gasteiger partial charge >= 0.3 is 0 Å². The maximum atomic E-state index is 12.3. The average molecular weight is 442 g/mol. The maximum absolute atomic E-state index is 12.3. The van der Waals surface area contributed by atoms with Crippen LogP contribution >= 0.6 is 24.0 Å². The quantitative estimate of drug-likeness (QED) is 0.225. The van der Waals surface area contributed by atoms with E-state index in [1.807, 2.05) is 24.0 Å². The van der Waals surface area contributed by atoms with Crippen LogP contribution < -0.4 is 10.6 Å². The molecule has 1 heterocycles. The highest BCUT2D eigenvalue weighted by Gasteiger charge is 2.21. The number of rotatable bonds is 7. The molecule has 132 valence electrons. The van der Waals surface area contributed by atoms with Gasteiger partial charge in [-0.25, -0.2) is 0 Å². The Balaban J connectivity index is 0.00000288. The van der Waals surface area contributed by atoms with Gasteiger partial charge in [-0.15, -0.1) is 30.6 Å². The Labute approximate surface area is 161 Å². The number of amides is 1. The molecule has 5 nitrogen and oxygen atoms in total. The van der Waals surface area contributed by atoms with Crippen LogP contribution in [-0.2, 0) is 17.9 Å². The standard InChI is InChI=1S/C18H26N4O.HI/c1-3-11-20-18(19-4-2)21-12-7-10-17(23)22-13-15-8-5-6-9-16(15)14-22;/h3,5-6,8-9H,1,4,7,10-14H2,2H3,(H2,19,20,21);1H. The molecule has 1 aromatic rings. The fourth-order valence-electron chi connectivity index (χ4n) is 2.60. The van der Waals surface area contributed by atoms with Crippen molar-refractivity contribution in [3.8, 4) is 0 Å². The molecule has 1 amide bonds. The summed E-state index contributed by atoms with van der Waals surface area (Å²) in [6.07, 6.45) is 3.09. The third kappa shape index (κ3) is 6.14. The molecular formula is C18H27IN4O. The van der Waals surface area contributed by atoms with Crippen molar-refractivity contribution in [1.82, 2.24) is 15.5 Å². The summed E-state index contributed by atoms with van der Waals surface area (Å²) in [5.41, 5.74) is 2.53. The van der Waals surface area contributed by atoms with Crippen molar-refractivity contribution in [1.29, 1.82) is 0 Å². The molecule has 1 aliphatic rings. The Kier molecular flexibility index (Phi) is 9.44. The van der Waals surface area contributed by atoms with Crippen LogP contribution in [0.3, 0.4) is 0 Å². The third-order valence-corrected chi connectivity index (χ3v) is 3.77. The Hall–Kier alpha value is -1.57. The number of fused-ring (bicyclic) bond motifs is 1. The van der Waals surface area contributed by atoms with Gasteiger partial charge in [0.25, 0.3) is 0 Å². The van der Waals surface area contributed by atoms with Gasteiger partial charge in [0.05, 0.1) is 0 Å². The lowest BCUT2D eigenvalue weighted by atomic mass is 10.1. The largest absolute Gasteiger partial charge is 0.357 e. The number of halogens is 1. The second-order valence-electron chi connectivity index (χ2n) is 5.55. The predicted octanol–water partition coefficient (Wildman–Crippen LogP) is 2.67. The molecular weight excluding hydrogens is 415 g/mol. The summed E-state index contributed by atoms with van der Waals surface area (Å²) < 4.78 is 0. The second kappa shape index (κ2) is 11.1. The molecule has 0 radical (unpaired) electrons. The fraction of sp³-hybridized carbons (Fsp3) is 0.444. The van der Waals surface area contributed by atoms with Gasteiger partial charge in [0.1, 0.15) is 0 Å². The van der Waals surface area contributed by atoms with Crippen LogP contribution in [0, 0.1) is 0 Å². The van der Waals surface area contributed by atoms with E-state index in [0.717, 1.165) is 32.0 Å². The number of nitrogens with zero attached hydrogens (tertiary/aromatic N) is 2. The van der Waals surface area contributed by atoms with Crippen LogP contribution in [0.4, 0.5) is 0 Å². The Morgan fingerprint density at radius 3 is 2.54 bits per heavy atom. The van der Waals surface area contributed by atoms with Gasteiger partial charge in [-0.3, -0.25) is 9.79 Å². The summed E-state index contributed by atoms with van der Waals surface area (Å²) in [5.74, 6) is 0.980. The normalized spacial score (nSPS) is 13.0. The van der Waals surface area contributed by atoms with E-state index in [4.69, 9.17) is 0 Å². The van der Waals surface area contributed by atoms with Crippen LogP contribution in [0.1, 0.15) is 30.9 Å². The van der Waals surface area contributed by atoms with Crippen LogP contribution in [0.15, 0.2) is 41.9 Å². The maximum Gasteiger partial charge on any atom is 0.223 e. The van der Waals surface area contributed by atoms with E-state index in [-0.39, 0.29) is 29.9 Å². The topological polar surface area (TPSA) is 56.7 Å². The van der Waals surface area contributed by atoms with Gasteiger partial charge in [0.2, 0.25) is 5.91 Å².